The van der Waals surface area contributed by atoms with Crippen molar-refractivity contribution >= 4 is 17.0 Å². The number of benzene rings is 1. The molecule has 0 fully saturated rings. The maximum absolute atomic E-state index is 12.2. The Morgan fingerprint density at radius 3 is 2.81 bits per heavy atom. The number of rotatable bonds is 6. The van der Waals surface area contributed by atoms with Crippen molar-refractivity contribution in [2.75, 3.05) is 6.61 Å². The second kappa shape index (κ2) is 7.96. The third-order valence-corrected chi connectivity index (χ3v) is 4.05. The van der Waals surface area contributed by atoms with Crippen molar-refractivity contribution in [1.29, 1.82) is 0 Å². The van der Waals surface area contributed by atoms with Crippen LogP contribution in [0.2, 0.25) is 0 Å². The number of carbonyl (C=O) groups is 1. The molecular formula is C19H18N2O6. The Bertz CT molecular complexity index is 1020. The predicted molar refractivity (Wildman–Crippen MR) is 95.2 cm³/mol. The predicted octanol–water partition coefficient (Wildman–Crippen LogP) is 1.87. The van der Waals surface area contributed by atoms with Gasteiger partial charge in [-0.2, -0.15) is 0 Å². The zero-order chi connectivity index (χ0) is 19.4. The van der Waals surface area contributed by atoms with Crippen LogP contribution in [0.25, 0.3) is 11.0 Å². The fourth-order valence-corrected chi connectivity index (χ4v) is 2.90. The summed E-state index contributed by atoms with van der Waals surface area (Å²) in [7, 11) is 0. The smallest absolute Gasteiger partial charge is 0.306 e. The molecular weight excluding hydrogens is 352 g/mol. The van der Waals surface area contributed by atoms with E-state index < -0.39 is 29.7 Å². The third kappa shape index (κ3) is 3.80. The van der Waals surface area contributed by atoms with Crippen LogP contribution in [0.5, 0.6) is 5.75 Å². The molecule has 0 spiro atoms. The molecule has 1 aromatic carbocycles. The molecule has 0 aliphatic rings. The van der Waals surface area contributed by atoms with Crippen LogP contribution >= 0.6 is 0 Å². The number of fused-ring (bicyclic) bond motifs is 1. The molecule has 3 rings (SSSR count). The van der Waals surface area contributed by atoms with Crippen LogP contribution in [-0.2, 0) is 16.1 Å². The van der Waals surface area contributed by atoms with Gasteiger partial charge >= 0.3 is 5.97 Å². The molecule has 27 heavy (non-hydrogen) atoms. The number of hydrogen-bond acceptors (Lipinski definition) is 8. The highest BCUT2D eigenvalue weighted by atomic mass is 16.5. The summed E-state index contributed by atoms with van der Waals surface area (Å²) in [5, 5.41) is 19.6. The van der Waals surface area contributed by atoms with Gasteiger partial charge in [-0.15, -0.1) is 0 Å². The number of hydrogen-bond donors (Lipinski definition) is 2. The van der Waals surface area contributed by atoms with Crippen molar-refractivity contribution in [1.82, 2.24) is 9.97 Å². The molecule has 8 nitrogen and oxygen atoms in total. The van der Waals surface area contributed by atoms with Crippen molar-refractivity contribution in [2.24, 2.45) is 0 Å². The molecule has 3 aromatic rings. The van der Waals surface area contributed by atoms with Gasteiger partial charge in [0.2, 0.25) is 11.2 Å². The molecule has 140 valence electrons. The molecule has 0 bridgehead atoms. The van der Waals surface area contributed by atoms with E-state index in [-0.39, 0.29) is 24.5 Å². The Kier molecular flexibility index (Phi) is 5.46. The Morgan fingerprint density at radius 1 is 1.30 bits per heavy atom. The van der Waals surface area contributed by atoms with Gasteiger partial charge in [-0.1, -0.05) is 12.1 Å². The summed E-state index contributed by atoms with van der Waals surface area (Å²) in [5.74, 6) is -2.14. The van der Waals surface area contributed by atoms with Crippen LogP contribution in [0.15, 0.2) is 45.9 Å². The molecule has 0 amide bonds. The first-order valence-electron chi connectivity index (χ1n) is 8.37. The van der Waals surface area contributed by atoms with Gasteiger partial charge in [0, 0.05) is 18.5 Å². The molecule has 0 radical (unpaired) electrons. The molecule has 2 N–H and O–H groups in total. The minimum atomic E-state index is -0.844. The summed E-state index contributed by atoms with van der Waals surface area (Å²) in [4.78, 5) is 32.8. The Balaban J connectivity index is 2.22. The third-order valence-electron chi connectivity index (χ3n) is 4.05. The number of aromatic hydroxyl groups is 1. The van der Waals surface area contributed by atoms with Gasteiger partial charge in [0.15, 0.2) is 5.76 Å². The zero-order valence-corrected chi connectivity index (χ0v) is 14.6. The van der Waals surface area contributed by atoms with E-state index in [0.29, 0.717) is 16.6 Å². The van der Waals surface area contributed by atoms with Crippen molar-refractivity contribution in [3.8, 4) is 5.75 Å². The average Bonchev–Trinajstić information content (AvgIpc) is 2.68. The Hall–Kier alpha value is -3.26. The van der Waals surface area contributed by atoms with Crippen LogP contribution < -0.4 is 5.43 Å². The molecule has 8 heteroatoms. The second-order valence-electron chi connectivity index (χ2n) is 5.78. The normalized spacial score (nSPS) is 12.1. The maximum atomic E-state index is 12.2. The number of para-hydroxylation sites is 1. The minimum absolute atomic E-state index is 0.0204. The van der Waals surface area contributed by atoms with Crippen LogP contribution in [-0.4, -0.2) is 32.8 Å². The van der Waals surface area contributed by atoms with E-state index in [0.717, 1.165) is 6.07 Å². The van der Waals surface area contributed by atoms with Crippen molar-refractivity contribution in [2.45, 2.75) is 25.9 Å². The van der Waals surface area contributed by atoms with Gasteiger partial charge in [0.05, 0.1) is 30.0 Å². The largest absolute Gasteiger partial charge is 0.502 e. The van der Waals surface area contributed by atoms with Gasteiger partial charge in [-0.05, 0) is 18.6 Å². The number of ether oxygens (including phenoxy) is 1. The highest BCUT2D eigenvalue weighted by Gasteiger charge is 2.28. The van der Waals surface area contributed by atoms with Crippen molar-refractivity contribution in [3.63, 3.8) is 0 Å². The topological polar surface area (TPSA) is 123 Å². The molecule has 0 saturated carbocycles. The van der Waals surface area contributed by atoms with E-state index in [1.165, 1.54) is 12.4 Å². The first-order chi connectivity index (χ1) is 13.0. The van der Waals surface area contributed by atoms with E-state index in [1.54, 1.807) is 25.1 Å². The molecule has 0 aliphatic heterocycles. The lowest BCUT2D eigenvalue weighted by molar-refractivity contribution is -0.143. The Labute approximate surface area is 154 Å². The lowest BCUT2D eigenvalue weighted by Gasteiger charge is -2.18. The van der Waals surface area contributed by atoms with E-state index in [4.69, 9.17) is 9.15 Å². The second-order valence-corrected chi connectivity index (χ2v) is 5.78. The van der Waals surface area contributed by atoms with Crippen molar-refractivity contribution in [3.05, 3.63) is 64.0 Å². The summed E-state index contributed by atoms with van der Waals surface area (Å²) >= 11 is 0. The molecule has 2 aromatic heterocycles. The van der Waals surface area contributed by atoms with Gasteiger partial charge < -0.3 is 19.4 Å². The first-order valence-corrected chi connectivity index (χ1v) is 8.37. The molecule has 0 saturated heterocycles. The van der Waals surface area contributed by atoms with Gasteiger partial charge in [0.1, 0.15) is 12.4 Å². The van der Waals surface area contributed by atoms with E-state index >= 15 is 0 Å². The maximum Gasteiger partial charge on any atom is 0.306 e. The number of aliphatic hydroxyl groups excluding tert-OH is 1. The van der Waals surface area contributed by atoms with E-state index in [2.05, 4.69) is 9.97 Å². The van der Waals surface area contributed by atoms with Gasteiger partial charge in [-0.3, -0.25) is 19.6 Å². The molecule has 2 heterocycles. The van der Waals surface area contributed by atoms with Crippen LogP contribution in [0.1, 0.15) is 36.3 Å². The first kappa shape index (κ1) is 18.5. The number of carbonyl (C=O) groups excluding carboxylic acids is 1. The summed E-state index contributed by atoms with van der Waals surface area (Å²) in [6.07, 6.45) is 2.86. The van der Waals surface area contributed by atoms with Crippen LogP contribution in [0.3, 0.4) is 0 Å². The van der Waals surface area contributed by atoms with E-state index in [1.807, 2.05) is 0 Å². The number of aromatic nitrogens is 2. The summed E-state index contributed by atoms with van der Waals surface area (Å²) in [6.45, 7) is 1.35. The average molecular weight is 370 g/mol. The lowest BCUT2D eigenvalue weighted by atomic mass is 9.91. The van der Waals surface area contributed by atoms with Crippen LogP contribution in [0, 0.1) is 0 Å². The van der Waals surface area contributed by atoms with Gasteiger partial charge in [0.25, 0.3) is 0 Å². The SMILES string of the molecule is CCOC(=O)C[C@H](c1oc(CO)cc(=O)c1O)c1cccc2nccnc12. The number of aliphatic hydroxyl groups is 1. The highest BCUT2D eigenvalue weighted by molar-refractivity contribution is 5.80. The molecule has 1 atom stereocenters. The fraction of sp³-hybridized carbons (Fsp3) is 0.263. The zero-order valence-electron chi connectivity index (χ0n) is 14.6. The highest BCUT2D eigenvalue weighted by Crippen LogP contribution is 2.36. The summed E-state index contributed by atoms with van der Waals surface area (Å²) in [5.41, 5.74) is 0.928. The lowest BCUT2D eigenvalue weighted by Crippen LogP contribution is -2.15. The molecule has 0 unspecified atom stereocenters. The molecule has 0 aliphatic carbocycles. The quantitative estimate of drug-likeness (QED) is 0.631. The van der Waals surface area contributed by atoms with Crippen LogP contribution in [0.4, 0.5) is 0 Å². The number of nitrogens with zero attached hydrogens (tertiary/aromatic N) is 2. The van der Waals surface area contributed by atoms with E-state index in [9.17, 15) is 19.8 Å². The monoisotopic (exact) mass is 370 g/mol. The fourth-order valence-electron chi connectivity index (χ4n) is 2.90. The summed E-state index contributed by atoms with van der Waals surface area (Å²) in [6, 6.07) is 6.21. The standard InChI is InChI=1S/C19H18N2O6/c1-2-26-16(24)9-13(19-18(25)15(23)8-11(10-22)27-19)12-4-3-5-14-17(12)21-7-6-20-14/h3-8,13,22,25H,2,9-10H2,1H3/t13-/m0/s1. The number of esters is 1. The summed E-state index contributed by atoms with van der Waals surface area (Å²) < 4.78 is 10.6. The van der Waals surface area contributed by atoms with Crippen molar-refractivity contribution < 1.29 is 24.2 Å². The minimum Gasteiger partial charge on any atom is -0.502 e. The Morgan fingerprint density at radius 2 is 2.07 bits per heavy atom. The van der Waals surface area contributed by atoms with Gasteiger partial charge in [-0.25, -0.2) is 0 Å².